The number of carbonyl (C=O) groups excluding carboxylic acids is 3. The maximum atomic E-state index is 12.3. The van der Waals surface area contributed by atoms with Crippen molar-refractivity contribution in [1.29, 1.82) is 0 Å². The molecule has 7 nitrogen and oxygen atoms in total. The summed E-state index contributed by atoms with van der Waals surface area (Å²) >= 11 is 0. The van der Waals surface area contributed by atoms with Gasteiger partial charge >= 0.3 is 0 Å². The number of carbonyl (C=O) groups is 3. The molecule has 3 aromatic rings. The molecule has 3 rings (SSSR count). The second kappa shape index (κ2) is 10.3. The number of hydrogen-bond acceptors (Lipinski definition) is 4. The largest absolute Gasteiger partial charge is 0.376 e. The summed E-state index contributed by atoms with van der Waals surface area (Å²) in [5.41, 5.74) is 4.21. The van der Waals surface area contributed by atoms with Crippen LogP contribution >= 0.6 is 0 Å². The minimum atomic E-state index is -0.214. The summed E-state index contributed by atoms with van der Waals surface area (Å²) in [6.07, 6.45) is 0. The first-order valence-corrected chi connectivity index (χ1v) is 10.2. The van der Waals surface area contributed by atoms with Crippen molar-refractivity contribution in [2.24, 2.45) is 0 Å². The van der Waals surface area contributed by atoms with Gasteiger partial charge in [-0.2, -0.15) is 0 Å². The third-order valence-electron chi connectivity index (χ3n) is 4.70. The lowest BCUT2D eigenvalue weighted by Crippen LogP contribution is -2.23. The molecule has 0 saturated carbocycles. The highest BCUT2D eigenvalue weighted by Crippen LogP contribution is 2.15. The van der Waals surface area contributed by atoms with Crippen LogP contribution < -0.4 is 16.0 Å². The van der Waals surface area contributed by atoms with Crippen molar-refractivity contribution < 1.29 is 14.4 Å². The Morgan fingerprint density at radius 1 is 0.750 bits per heavy atom. The normalized spacial score (nSPS) is 10.2. The lowest BCUT2D eigenvalue weighted by atomic mass is 10.1. The van der Waals surface area contributed by atoms with E-state index in [-0.39, 0.29) is 24.3 Å². The van der Waals surface area contributed by atoms with E-state index in [1.807, 2.05) is 25.1 Å². The molecule has 164 valence electrons. The second-order valence-electron chi connectivity index (χ2n) is 7.58. The van der Waals surface area contributed by atoms with Gasteiger partial charge in [-0.25, -0.2) is 0 Å². The Morgan fingerprint density at radius 2 is 1.34 bits per heavy atom. The molecule has 0 unspecified atom stereocenters. The minimum Gasteiger partial charge on any atom is -0.376 e. The van der Waals surface area contributed by atoms with E-state index >= 15 is 0 Å². The van der Waals surface area contributed by atoms with Gasteiger partial charge in [0.2, 0.25) is 5.91 Å². The summed E-state index contributed by atoms with van der Waals surface area (Å²) in [4.78, 5) is 37.9. The molecule has 32 heavy (non-hydrogen) atoms. The monoisotopic (exact) mass is 430 g/mol. The summed E-state index contributed by atoms with van der Waals surface area (Å²) in [5.74, 6) is -0.483. The quantitative estimate of drug-likeness (QED) is 0.528. The topological polar surface area (TPSA) is 90.5 Å². The van der Waals surface area contributed by atoms with Crippen molar-refractivity contribution in [3.8, 4) is 0 Å². The molecule has 0 bridgehead atoms. The van der Waals surface area contributed by atoms with Crippen molar-refractivity contribution in [2.45, 2.75) is 6.92 Å². The Balaban J connectivity index is 1.49. The van der Waals surface area contributed by atoms with Crippen LogP contribution in [-0.2, 0) is 4.79 Å². The van der Waals surface area contributed by atoms with E-state index in [0.717, 1.165) is 11.3 Å². The molecule has 3 amide bonds. The van der Waals surface area contributed by atoms with Crippen LogP contribution in [0.25, 0.3) is 0 Å². The Morgan fingerprint density at radius 3 is 1.97 bits per heavy atom. The highest BCUT2D eigenvalue weighted by Gasteiger charge is 2.09. The minimum absolute atomic E-state index is 0.0768. The van der Waals surface area contributed by atoms with E-state index in [2.05, 4.69) is 16.0 Å². The van der Waals surface area contributed by atoms with Crippen LogP contribution in [0.1, 0.15) is 26.3 Å². The fourth-order valence-corrected chi connectivity index (χ4v) is 3.00. The van der Waals surface area contributed by atoms with E-state index in [1.54, 1.807) is 68.7 Å². The number of nitrogens with zero attached hydrogens (tertiary/aromatic N) is 1. The zero-order chi connectivity index (χ0) is 23.1. The van der Waals surface area contributed by atoms with Crippen molar-refractivity contribution in [2.75, 3.05) is 36.6 Å². The van der Waals surface area contributed by atoms with E-state index in [4.69, 9.17) is 0 Å². The number of aryl methyl sites for hydroxylation is 1. The first kappa shape index (κ1) is 22.6. The number of anilines is 3. The number of hydrogen-bond donors (Lipinski definition) is 3. The Kier molecular flexibility index (Phi) is 7.23. The van der Waals surface area contributed by atoms with Crippen molar-refractivity contribution in [1.82, 2.24) is 4.90 Å². The Labute approximate surface area is 187 Å². The molecule has 0 saturated heterocycles. The van der Waals surface area contributed by atoms with Gasteiger partial charge in [-0.15, -0.1) is 0 Å². The Hall–Kier alpha value is -4.13. The van der Waals surface area contributed by atoms with Gasteiger partial charge in [0.15, 0.2) is 0 Å². The predicted molar refractivity (Wildman–Crippen MR) is 127 cm³/mol. The summed E-state index contributed by atoms with van der Waals surface area (Å²) in [6, 6.07) is 21.3. The van der Waals surface area contributed by atoms with Crippen LogP contribution in [0.4, 0.5) is 17.1 Å². The van der Waals surface area contributed by atoms with Gasteiger partial charge in [-0.3, -0.25) is 14.4 Å². The fraction of sp³-hybridized carbons (Fsp3) is 0.160. The number of nitrogens with one attached hydrogen (secondary N) is 3. The predicted octanol–water partition coefficient (Wildman–Crippen LogP) is 4.00. The van der Waals surface area contributed by atoms with Crippen LogP contribution in [0.2, 0.25) is 0 Å². The molecule has 7 heteroatoms. The molecule has 0 spiro atoms. The molecule has 0 heterocycles. The zero-order valence-electron chi connectivity index (χ0n) is 18.3. The molecular formula is C25H26N4O3. The molecule has 0 aliphatic heterocycles. The summed E-state index contributed by atoms with van der Waals surface area (Å²) < 4.78 is 0. The standard InChI is InChI=1S/C25H26N4O3/c1-17-5-4-6-19(15-17)24(31)28-22-13-11-20(12-14-22)26-16-23(30)27-21-9-7-18(8-10-21)25(32)29(2)3/h4-15,26H,16H2,1-3H3,(H,27,30)(H,28,31). The SMILES string of the molecule is Cc1cccc(C(=O)Nc2ccc(NCC(=O)Nc3ccc(C(=O)N(C)C)cc3)cc2)c1. The molecule has 0 aliphatic rings. The number of benzene rings is 3. The van der Waals surface area contributed by atoms with E-state index in [1.165, 1.54) is 4.90 Å². The van der Waals surface area contributed by atoms with Gasteiger partial charge in [0.05, 0.1) is 6.54 Å². The summed E-state index contributed by atoms with van der Waals surface area (Å²) in [6.45, 7) is 2.02. The van der Waals surface area contributed by atoms with Gasteiger partial charge in [0.1, 0.15) is 0 Å². The third-order valence-corrected chi connectivity index (χ3v) is 4.70. The van der Waals surface area contributed by atoms with Crippen molar-refractivity contribution in [3.63, 3.8) is 0 Å². The van der Waals surface area contributed by atoms with Gasteiger partial charge in [-0.1, -0.05) is 17.7 Å². The smallest absolute Gasteiger partial charge is 0.255 e. The van der Waals surface area contributed by atoms with E-state index < -0.39 is 0 Å². The van der Waals surface area contributed by atoms with Crippen LogP contribution in [0.3, 0.4) is 0 Å². The lowest BCUT2D eigenvalue weighted by Gasteiger charge is -2.11. The molecule has 0 fully saturated rings. The average molecular weight is 431 g/mol. The van der Waals surface area contributed by atoms with Crippen LogP contribution in [0, 0.1) is 6.92 Å². The second-order valence-corrected chi connectivity index (χ2v) is 7.58. The van der Waals surface area contributed by atoms with Crippen LogP contribution in [-0.4, -0.2) is 43.3 Å². The van der Waals surface area contributed by atoms with Gasteiger partial charge < -0.3 is 20.9 Å². The van der Waals surface area contributed by atoms with Gasteiger partial charge in [0, 0.05) is 42.3 Å². The highest BCUT2D eigenvalue weighted by molar-refractivity contribution is 6.04. The molecule has 3 N–H and O–H groups in total. The van der Waals surface area contributed by atoms with Crippen LogP contribution in [0.5, 0.6) is 0 Å². The fourth-order valence-electron chi connectivity index (χ4n) is 3.00. The first-order valence-electron chi connectivity index (χ1n) is 10.2. The van der Waals surface area contributed by atoms with Crippen molar-refractivity contribution in [3.05, 3.63) is 89.5 Å². The number of rotatable bonds is 7. The average Bonchev–Trinajstić information content (AvgIpc) is 2.78. The maximum Gasteiger partial charge on any atom is 0.255 e. The van der Waals surface area contributed by atoms with E-state index in [9.17, 15) is 14.4 Å². The number of amides is 3. The summed E-state index contributed by atoms with van der Waals surface area (Å²) in [5, 5.41) is 8.68. The third kappa shape index (κ3) is 6.18. The Bertz CT molecular complexity index is 1110. The van der Waals surface area contributed by atoms with Crippen molar-refractivity contribution >= 4 is 34.8 Å². The van der Waals surface area contributed by atoms with Gasteiger partial charge in [-0.05, 0) is 67.6 Å². The lowest BCUT2D eigenvalue weighted by molar-refractivity contribution is -0.114. The molecule has 0 atom stereocenters. The highest BCUT2D eigenvalue weighted by atomic mass is 16.2. The molecular weight excluding hydrogens is 404 g/mol. The van der Waals surface area contributed by atoms with Gasteiger partial charge in [0.25, 0.3) is 11.8 Å². The molecule has 0 radical (unpaired) electrons. The molecule has 0 aromatic heterocycles. The molecule has 3 aromatic carbocycles. The zero-order valence-corrected chi connectivity index (χ0v) is 18.3. The molecule has 0 aliphatic carbocycles. The van der Waals surface area contributed by atoms with Crippen LogP contribution in [0.15, 0.2) is 72.8 Å². The van der Waals surface area contributed by atoms with E-state index in [0.29, 0.717) is 22.5 Å². The first-order chi connectivity index (χ1) is 15.3. The summed E-state index contributed by atoms with van der Waals surface area (Å²) in [7, 11) is 3.38. The maximum absolute atomic E-state index is 12.3.